The Morgan fingerprint density at radius 2 is 1.90 bits per heavy atom. The van der Waals surface area contributed by atoms with Crippen molar-refractivity contribution < 1.29 is 14.6 Å². The number of ether oxygens (including phenoxy) is 1. The number of aromatic nitrogens is 2. The molecule has 0 fully saturated rings. The summed E-state index contributed by atoms with van der Waals surface area (Å²) < 4.78 is 5.53. The Bertz CT molecular complexity index is 636. The van der Waals surface area contributed by atoms with E-state index in [1.54, 1.807) is 0 Å². The maximum atomic E-state index is 10.8. The second kappa shape index (κ2) is 5.91. The topological polar surface area (TPSA) is 72.3 Å². The lowest BCUT2D eigenvalue weighted by molar-refractivity contribution is 0.0689. The second-order valence-corrected chi connectivity index (χ2v) is 5.41. The van der Waals surface area contributed by atoms with Gasteiger partial charge in [-0.2, -0.15) is 0 Å². The van der Waals surface area contributed by atoms with E-state index in [0.717, 1.165) is 6.42 Å². The van der Waals surface area contributed by atoms with Gasteiger partial charge in [0, 0.05) is 0 Å². The van der Waals surface area contributed by atoms with Gasteiger partial charge in [0.1, 0.15) is 5.75 Å². The Kier molecular flexibility index (Phi) is 4.21. The summed E-state index contributed by atoms with van der Waals surface area (Å²) in [4.78, 5) is 18.5. The molecule has 0 bridgehead atoms. The average molecular weight is 286 g/mol. The highest BCUT2D eigenvalue weighted by atomic mass is 16.5. The van der Waals surface area contributed by atoms with E-state index in [1.165, 1.54) is 18.0 Å². The predicted octanol–water partition coefficient (Wildman–Crippen LogP) is 3.65. The summed E-state index contributed by atoms with van der Waals surface area (Å²) >= 11 is 0. The first-order valence-electron chi connectivity index (χ1n) is 6.76. The SMILES string of the molecule is CCC(C)(C)c1ccc(Oc2cncc(C(=O)O)n2)cc1. The number of rotatable bonds is 5. The summed E-state index contributed by atoms with van der Waals surface area (Å²) in [5.41, 5.74) is 1.20. The molecule has 1 aromatic heterocycles. The van der Waals surface area contributed by atoms with E-state index in [4.69, 9.17) is 9.84 Å². The van der Waals surface area contributed by atoms with Gasteiger partial charge in [0.25, 0.3) is 0 Å². The van der Waals surface area contributed by atoms with Crippen molar-refractivity contribution in [3.63, 3.8) is 0 Å². The molecule has 0 aliphatic heterocycles. The Morgan fingerprint density at radius 1 is 1.24 bits per heavy atom. The lowest BCUT2D eigenvalue weighted by Crippen LogP contribution is -2.14. The molecule has 0 aliphatic carbocycles. The van der Waals surface area contributed by atoms with Crippen LogP contribution in [0.4, 0.5) is 0 Å². The predicted molar refractivity (Wildman–Crippen MR) is 78.8 cm³/mol. The standard InChI is InChI=1S/C16H18N2O3/c1-4-16(2,3)11-5-7-12(8-6-11)21-14-10-17-9-13(18-14)15(19)20/h5-10H,4H2,1-3H3,(H,19,20). The number of nitrogens with zero attached hydrogens (tertiary/aromatic N) is 2. The summed E-state index contributed by atoms with van der Waals surface area (Å²) in [5, 5.41) is 8.87. The summed E-state index contributed by atoms with van der Waals surface area (Å²) in [6, 6.07) is 7.71. The Morgan fingerprint density at radius 3 is 2.48 bits per heavy atom. The van der Waals surface area contributed by atoms with Crippen molar-refractivity contribution in [3.8, 4) is 11.6 Å². The highest BCUT2D eigenvalue weighted by Crippen LogP contribution is 2.29. The van der Waals surface area contributed by atoms with E-state index in [1.807, 2.05) is 24.3 Å². The maximum absolute atomic E-state index is 10.8. The molecule has 0 saturated carbocycles. The number of benzene rings is 1. The number of carboxylic acid groups (broad SMARTS) is 1. The molecule has 2 rings (SSSR count). The van der Waals surface area contributed by atoms with Crippen molar-refractivity contribution in [1.29, 1.82) is 0 Å². The Balaban J connectivity index is 2.17. The largest absolute Gasteiger partial charge is 0.476 e. The molecule has 0 saturated heterocycles. The Labute approximate surface area is 123 Å². The molecule has 5 nitrogen and oxygen atoms in total. The van der Waals surface area contributed by atoms with Gasteiger partial charge < -0.3 is 9.84 Å². The zero-order valence-corrected chi connectivity index (χ0v) is 12.3. The fourth-order valence-corrected chi connectivity index (χ4v) is 1.80. The Hall–Kier alpha value is -2.43. The van der Waals surface area contributed by atoms with Crippen molar-refractivity contribution in [2.45, 2.75) is 32.6 Å². The van der Waals surface area contributed by atoms with E-state index in [9.17, 15) is 4.79 Å². The van der Waals surface area contributed by atoms with Gasteiger partial charge in [0.15, 0.2) is 5.69 Å². The lowest BCUT2D eigenvalue weighted by Gasteiger charge is -2.23. The van der Waals surface area contributed by atoms with Crippen molar-refractivity contribution in [1.82, 2.24) is 9.97 Å². The van der Waals surface area contributed by atoms with Crippen LogP contribution >= 0.6 is 0 Å². The fourth-order valence-electron chi connectivity index (χ4n) is 1.80. The smallest absolute Gasteiger partial charge is 0.356 e. The molecule has 0 spiro atoms. The van der Waals surface area contributed by atoms with Crippen LogP contribution in [-0.4, -0.2) is 21.0 Å². The number of carboxylic acids is 1. The maximum Gasteiger partial charge on any atom is 0.356 e. The van der Waals surface area contributed by atoms with Crippen molar-refractivity contribution in [2.75, 3.05) is 0 Å². The van der Waals surface area contributed by atoms with Crippen molar-refractivity contribution in [2.24, 2.45) is 0 Å². The highest BCUT2D eigenvalue weighted by Gasteiger charge is 2.17. The molecule has 1 aromatic carbocycles. The number of hydrogen-bond acceptors (Lipinski definition) is 4. The van der Waals surface area contributed by atoms with E-state index < -0.39 is 5.97 Å². The molecule has 2 aromatic rings. The lowest BCUT2D eigenvalue weighted by atomic mass is 9.82. The fraction of sp³-hybridized carbons (Fsp3) is 0.312. The summed E-state index contributed by atoms with van der Waals surface area (Å²) in [5.74, 6) is -0.368. The van der Waals surface area contributed by atoms with Gasteiger partial charge >= 0.3 is 5.97 Å². The summed E-state index contributed by atoms with van der Waals surface area (Å²) in [6.07, 6.45) is 3.61. The molecule has 0 unspecified atom stereocenters. The van der Waals surface area contributed by atoms with Crippen LogP contribution in [0, 0.1) is 0 Å². The van der Waals surface area contributed by atoms with Crippen molar-refractivity contribution >= 4 is 5.97 Å². The number of carbonyl (C=O) groups is 1. The van der Waals surface area contributed by atoms with E-state index >= 15 is 0 Å². The van der Waals surface area contributed by atoms with E-state index in [2.05, 4.69) is 30.7 Å². The van der Waals surface area contributed by atoms with Crippen molar-refractivity contribution in [3.05, 3.63) is 47.9 Å². The molecule has 0 atom stereocenters. The van der Waals surface area contributed by atoms with Gasteiger partial charge in [0.05, 0.1) is 12.4 Å². The zero-order chi connectivity index (χ0) is 15.5. The minimum absolute atomic E-state index is 0.113. The second-order valence-electron chi connectivity index (χ2n) is 5.41. The van der Waals surface area contributed by atoms with Crippen LogP contribution in [0.2, 0.25) is 0 Å². The number of hydrogen-bond donors (Lipinski definition) is 1. The van der Waals surface area contributed by atoms with Gasteiger partial charge in [-0.1, -0.05) is 32.9 Å². The molecule has 0 radical (unpaired) electrons. The van der Waals surface area contributed by atoms with Crippen LogP contribution < -0.4 is 4.74 Å². The quantitative estimate of drug-likeness (QED) is 0.908. The van der Waals surface area contributed by atoms with Gasteiger partial charge in [-0.25, -0.2) is 9.78 Å². The van der Waals surface area contributed by atoms with Crippen LogP contribution in [0.15, 0.2) is 36.7 Å². The van der Waals surface area contributed by atoms with Crippen LogP contribution in [0.25, 0.3) is 0 Å². The first-order valence-corrected chi connectivity index (χ1v) is 6.76. The van der Waals surface area contributed by atoms with Gasteiger partial charge in [-0.3, -0.25) is 4.98 Å². The van der Waals surface area contributed by atoms with Crippen LogP contribution in [0.1, 0.15) is 43.2 Å². The molecule has 0 aliphatic rings. The van der Waals surface area contributed by atoms with Crippen LogP contribution in [-0.2, 0) is 5.41 Å². The third kappa shape index (κ3) is 3.56. The third-order valence-corrected chi connectivity index (χ3v) is 3.57. The molecule has 0 amide bonds. The monoisotopic (exact) mass is 286 g/mol. The van der Waals surface area contributed by atoms with Crippen LogP contribution in [0.5, 0.6) is 11.6 Å². The molecule has 21 heavy (non-hydrogen) atoms. The average Bonchev–Trinajstić information content (AvgIpc) is 2.48. The summed E-state index contributed by atoms with van der Waals surface area (Å²) in [7, 11) is 0. The third-order valence-electron chi connectivity index (χ3n) is 3.57. The molecule has 5 heteroatoms. The number of aromatic carboxylic acids is 1. The normalized spacial score (nSPS) is 11.2. The molecule has 110 valence electrons. The molecule has 1 heterocycles. The highest BCUT2D eigenvalue weighted by molar-refractivity contribution is 5.84. The molecule has 1 N–H and O–H groups in total. The van der Waals surface area contributed by atoms with E-state index in [0.29, 0.717) is 5.75 Å². The van der Waals surface area contributed by atoms with Crippen LogP contribution in [0.3, 0.4) is 0 Å². The minimum atomic E-state index is -1.13. The summed E-state index contributed by atoms with van der Waals surface area (Å²) in [6.45, 7) is 6.52. The first kappa shape index (κ1) is 15.0. The van der Waals surface area contributed by atoms with Gasteiger partial charge in [-0.15, -0.1) is 0 Å². The first-order chi connectivity index (χ1) is 9.92. The zero-order valence-electron chi connectivity index (χ0n) is 12.3. The van der Waals surface area contributed by atoms with E-state index in [-0.39, 0.29) is 17.0 Å². The molecular weight excluding hydrogens is 268 g/mol. The van der Waals surface area contributed by atoms with Gasteiger partial charge in [0.2, 0.25) is 5.88 Å². The molecular formula is C16H18N2O3. The van der Waals surface area contributed by atoms with Gasteiger partial charge in [-0.05, 0) is 29.5 Å². The minimum Gasteiger partial charge on any atom is -0.476 e.